The molecule has 0 unspecified atom stereocenters. The van der Waals surface area contributed by atoms with Crippen molar-refractivity contribution in [3.05, 3.63) is 41.5 Å². The van der Waals surface area contributed by atoms with E-state index in [1.165, 1.54) is 7.11 Å². The summed E-state index contributed by atoms with van der Waals surface area (Å²) >= 11 is 0. The first-order valence-electron chi connectivity index (χ1n) is 5.59. The van der Waals surface area contributed by atoms with Crippen molar-refractivity contribution in [2.45, 2.75) is 6.92 Å². The van der Waals surface area contributed by atoms with Crippen LogP contribution in [0.5, 0.6) is 0 Å². The molecule has 1 aromatic carbocycles. The van der Waals surface area contributed by atoms with E-state index in [0.29, 0.717) is 13.2 Å². The molecule has 90 valence electrons. The van der Waals surface area contributed by atoms with Gasteiger partial charge in [0.25, 0.3) is 0 Å². The third kappa shape index (κ3) is 2.24. The summed E-state index contributed by atoms with van der Waals surface area (Å²) in [5.41, 5.74) is 1.39. The van der Waals surface area contributed by atoms with Crippen molar-refractivity contribution in [2.24, 2.45) is 5.41 Å². The van der Waals surface area contributed by atoms with Gasteiger partial charge in [0.15, 0.2) is 0 Å². The molecule has 0 aromatic heterocycles. The molecule has 1 aliphatic heterocycles. The van der Waals surface area contributed by atoms with Crippen molar-refractivity contribution in [1.82, 2.24) is 0 Å². The molecule has 0 saturated carbocycles. The van der Waals surface area contributed by atoms with E-state index < -0.39 is 5.41 Å². The Morgan fingerprint density at radius 1 is 1.41 bits per heavy atom. The molecule has 1 aliphatic rings. The molecule has 3 heteroatoms. The largest absolute Gasteiger partial charge is 0.468 e. The maximum Gasteiger partial charge on any atom is 0.318 e. The summed E-state index contributed by atoms with van der Waals surface area (Å²) in [6.07, 6.45) is 2.00. The van der Waals surface area contributed by atoms with E-state index in [0.717, 1.165) is 11.1 Å². The van der Waals surface area contributed by atoms with E-state index in [1.807, 2.05) is 43.3 Å². The van der Waals surface area contributed by atoms with Crippen molar-refractivity contribution in [3.63, 3.8) is 0 Å². The Bertz CT molecular complexity index is 436. The van der Waals surface area contributed by atoms with E-state index >= 15 is 0 Å². The lowest BCUT2D eigenvalue weighted by molar-refractivity contribution is -0.149. The van der Waals surface area contributed by atoms with Crippen LogP contribution in [0.3, 0.4) is 0 Å². The van der Waals surface area contributed by atoms with Crippen LogP contribution >= 0.6 is 0 Å². The van der Waals surface area contributed by atoms with Gasteiger partial charge in [0, 0.05) is 0 Å². The predicted octanol–water partition coefficient (Wildman–Crippen LogP) is 2.28. The van der Waals surface area contributed by atoms with Gasteiger partial charge in [0.2, 0.25) is 0 Å². The highest BCUT2D eigenvalue weighted by Gasteiger charge is 2.42. The maximum absolute atomic E-state index is 11.8. The number of hydrogen-bond acceptors (Lipinski definition) is 3. The van der Waals surface area contributed by atoms with Crippen LogP contribution in [0, 0.1) is 5.41 Å². The standard InChI is InChI=1S/C14H16O3/c1-14(13(15)16-2)10-17-9-12(14)8-11-6-4-3-5-7-11/h3-8H,9-10H2,1-2H3/b12-8+/t14-/m1/s1. The predicted molar refractivity (Wildman–Crippen MR) is 65.4 cm³/mol. The number of hydrogen-bond donors (Lipinski definition) is 0. The van der Waals surface area contributed by atoms with E-state index in [-0.39, 0.29) is 5.97 Å². The van der Waals surface area contributed by atoms with Crippen LogP contribution in [-0.4, -0.2) is 26.3 Å². The first kappa shape index (κ1) is 11.9. The Balaban J connectivity index is 2.32. The number of ether oxygens (including phenoxy) is 2. The molecule has 3 nitrogen and oxygen atoms in total. The minimum Gasteiger partial charge on any atom is -0.468 e. The number of carbonyl (C=O) groups excluding carboxylic acids is 1. The van der Waals surface area contributed by atoms with E-state index in [4.69, 9.17) is 9.47 Å². The van der Waals surface area contributed by atoms with Gasteiger partial charge in [0.05, 0.1) is 20.3 Å². The Kier molecular flexibility index (Phi) is 3.29. The van der Waals surface area contributed by atoms with Gasteiger partial charge < -0.3 is 9.47 Å². The average Bonchev–Trinajstić information content (AvgIpc) is 2.72. The van der Waals surface area contributed by atoms with Gasteiger partial charge in [-0.15, -0.1) is 0 Å². The lowest BCUT2D eigenvalue weighted by Crippen LogP contribution is -2.31. The van der Waals surface area contributed by atoms with Crippen LogP contribution in [0.15, 0.2) is 35.9 Å². The van der Waals surface area contributed by atoms with Crippen LogP contribution in [0.1, 0.15) is 12.5 Å². The summed E-state index contributed by atoms with van der Waals surface area (Å²) in [7, 11) is 1.41. The molecule has 0 spiro atoms. The minimum absolute atomic E-state index is 0.239. The van der Waals surface area contributed by atoms with Crippen LogP contribution in [-0.2, 0) is 14.3 Å². The molecule has 2 rings (SSSR count). The summed E-state index contributed by atoms with van der Waals surface area (Å²) in [4.78, 5) is 11.8. The molecular weight excluding hydrogens is 216 g/mol. The zero-order chi connectivity index (χ0) is 12.3. The van der Waals surface area contributed by atoms with Gasteiger partial charge in [-0.25, -0.2) is 0 Å². The molecule has 1 fully saturated rings. The number of methoxy groups -OCH3 is 1. The smallest absolute Gasteiger partial charge is 0.318 e. The monoisotopic (exact) mass is 232 g/mol. The van der Waals surface area contributed by atoms with Gasteiger partial charge in [-0.1, -0.05) is 36.4 Å². The van der Waals surface area contributed by atoms with Gasteiger partial charge in [0.1, 0.15) is 5.41 Å². The maximum atomic E-state index is 11.8. The molecule has 0 radical (unpaired) electrons. The van der Waals surface area contributed by atoms with Gasteiger partial charge in [-0.3, -0.25) is 4.79 Å². The Hall–Kier alpha value is -1.61. The summed E-state index contributed by atoms with van der Waals surface area (Å²) in [5, 5.41) is 0. The van der Waals surface area contributed by atoms with Crippen molar-refractivity contribution >= 4 is 12.0 Å². The number of benzene rings is 1. The highest BCUT2D eigenvalue weighted by Crippen LogP contribution is 2.35. The van der Waals surface area contributed by atoms with Crippen LogP contribution in [0.4, 0.5) is 0 Å². The molecule has 1 aromatic rings. The lowest BCUT2D eigenvalue weighted by Gasteiger charge is -2.20. The van der Waals surface area contributed by atoms with Crippen molar-refractivity contribution in [1.29, 1.82) is 0 Å². The third-order valence-electron chi connectivity index (χ3n) is 3.13. The van der Waals surface area contributed by atoms with Crippen LogP contribution < -0.4 is 0 Å². The normalized spacial score (nSPS) is 26.1. The summed E-state index contributed by atoms with van der Waals surface area (Å²) < 4.78 is 10.2. The fourth-order valence-electron chi connectivity index (χ4n) is 1.98. The summed E-state index contributed by atoms with van der Waals surface area (Å²) in [6.45, 7) is 2.74. The van der Waals surface area contributed by atoms with Crippen molar-refractivity contribution < 1.29 is 14.3 Å². The Morgan fingerprint density at radius 2 is 2.12 bits per heavy atom. The topological polar surface area (TPSA) is 35.5 Å². The molecule has 1 heterocycles. The highest BCUT2D eigenvalue weighted by atomic mass is 16.5. The number of esters is 1. The molecule has 17 heavy (non-hydrogen) atoms. The summed E-state index contributed by atoms with van der Waals surface area (Å²) in [6, 6.07) is 9.91. The SMILES string of the molecule is COC(=O)[C@]1(C)COC/C1=C\c1ccccc1. The van der Waals surface area contributed by atoms with Crippen LogP contribution in [0.25, 0.3) is 6.08 Å². The number of carbonyl (C=O) groups is 1. The zero-order valence-electron chi connectivity index (χ0n) is 10.1. The van der Waals surface area contributed by atoms with E-state index in [2.05, 4.69) is 0 Å². The average molecular weight is 232 g/mol. The second-order valence-electron chi connectivity index (χ2n) is 4.40. The molecule has 0 N–H and O–H groups in total. The van der Waals surface area contributed by atoms with Crippen LogP contribution in [0.2, 0.25) is 0 Å². The first-order valence-corrected chi connectivity index (χ1v) is 5.59. The molecule has 0 aliphatic carbocycles. The molecule has 1 atom stereocenters. The summed E-state index contributed by atoms with van der Waals surface area (Å²) in [5.74, 6) is -0.239. The molecule has 0 bridgehead atoms. The quantitative estimate of drug-likeness (QED) is 0.734. The van der Waals surface area contributed by atoms with Gasteiger partial charge in [-0.05, 0) is 18.1 Å². The van der Waals surface area contributed by atoms with Gasteiger partial charge >= 0.3 is 5.97 Å². The molecule has 0 amide bonds. The molecular formula is C14H16O3. The van der Waals surface area contributed by atoms with Crippen molar-refractivity contribution in [3.8, 4) is 0 Å². The third-order valence-corrected chi connectivity index (χ3v) is 3.13. The zero-order valence-corrected chi connectivity index (χ0v) is 10.1. The Morgan fingerprint density at radius 3 is 2.76 bits per heavy atom. The fraction of sp³-hybridized carbons (Fsp3) is 0.357. The second kappa shape index (κ2) is 4.72. The number of rotatable bonds is 2. The minimum atomic E-state index is -0.648. The van der Waals surface area contributed by atoms with E-state index in [9.17, 15) is 4.79 Å². The lowest BCUT2D eigenvalue weighted by atomic mass is 9.84. The second-order valence-corrected chi connectivity index (χ2v) is 4.40. The fourth-order valence-corrected chi connectivity index (χ4v) is 1.98. The highest BCUT2D eigenvalue weighted by molar-refractivity contribution is 5.83. The van der Waals surface area contributed by atoms with Gasteiger partial charge in [-0.2, -0.15) is 0 Å². The Labute approximate surface area is 101 Å². The molecule has 1 saturated heterocycles. The van der Waals surface area contributed by atoms with E-state index in [1.54, 1.807) is 0 Å². The van der Waals surface area contributed by atoms with Crippen molar-refractivity contribution in [2.75, 3.05) is 20.3 Å². The first-order chi connectivity index (χ1) is 8.16.